The molecular weight excluding hydrogens is 274 g/mol. The zero-order valence-corrected chi connectivity index (χ0v) is 12.2. The Bertz CT molecular complexity index is 739. The first-order valence-electron chi connectivity index (χ1n) is 6.13. The maximum atomic E-state index is 11.9. The van der Waals surface area contributed by atoms with Gasteiger partial charge in [-0.2, -0.15) is 5.10 Å². The first-order chi connectivity index (χ1) is 9.56. The summed E-state index contributed by atoms with van der Waals surface area (Å²) in [4.78, 5) is 17.0. The first kappa shape index (κ1) is 12.8. The van der Waals surface area contributed by atoms with Gasteiger partial charge in [-0.15, -0.1) is 11.3 Å². The lowest BCUT2D eigenvalue weighted by molar-refractivity contribution is -0.129. The number of esters is 1. The molecule has 102 valence electrons. The van der Waals surface area contributed by atoms with Crippen LogP contribution in [0, 0.1) is 13.8 Å². The van der Waals surface area contributed by atoms with Crippen molar-refractivity contribution < 1.29 is 9.53 Å². The molecular formula is C14H13N3O2S. The number of nitrogens with zero attached hydrogens (tertiary/aromatic N) is 3. The Morgan fingerprint density at radius 1 is 1.40 bits per heavy atom. The van der Waals surface area contributed by atoms with Gasteiger partial charge in [-0.1, -0.05) is 6.07 Å². The quantitative estimate of drug-likeness (QED) is 0.629. The lowest BCUT2D eigenvalue weighted by Gasteiger charge is -1.95. The Hall–Kier alpha value is -2.21. The van der Waals surface area contributed by atoms with Crippen molar-refractivity contribution in [2.24, 2.45) is 12.0 Å². The molecule has 1 aliphatic heterocycles. The Morgan fingerprint density at radius 3 is 2.80 bits per heavy atom. The van der Waals surface area contributed by atoms with E-state index in [4.69, 9.17) is 4.74 Å². The molecule has 0 aromatic carbocycles. The molecule has 0 atom stereocenters. The number of thiophene rings is 1. The summed E-state index contributed by atoms with van der Waals surface area (Å²) in [6, 6.07) is 3.77. The third-order valence-electron chi connectivity index (χ3n) is 3.20. The van der Waals surface area contributed by atoms with Gasteiger partial charge in [0.05, 0.1) is 10.6 Å². The summed E-state index contributed by atoms with van der Waals surface area (Å²) in [6.07, 6.45) is 1.74. The van der Waals surface area contributed by atoms with Crippen molar-refractivity contribution in [1.82, 2.24) is 9.78 Å². The van der Waals surface area contributed by atoms with Crippen molar-refractivity contribution >= 4 is 29.3 Å². The molecule has 0 aliphatic carbocycles. The number of aromatic nitrogens is 2. The highest BCUT2D eigenvalue weighted by atomic mass is 32.1. The molecule has 0 saturated carbocycles. The molecule has 0 saturated heterocycles. The van der Waals surface area contributed by atoms with Gasteiger partial charge in [0.15, 0.2) is 5.70 Å². The van der Waals surface area contributed by atoms with Crippen molar-refractivity contribution in [3.63, 3.8) is 0 Å². The lowest BCUT2D eigenvalue weighted by Crippen LogP contribution is -2.03. The minimum Gasteiger partial charge on any atom is -0.401 e. The van der Waals surface area contributed by atoms with Gasteiger partial charge in [0.1, 0.15) is 0 Å². The second-order valence-corrected chi connectivity index (χ2v) is 5.47. The first-order valence-corrected chi connectivity index (χ1v) is 7.01. The van der Waals surface area contributed by atoms with Crippen LogP contribution in [-0.4, -0.2) is 21.6 Å². The van der Waals surface area contributed by atoms with Gasteiger partial charge < -0.3 is 4.74 Å². The summed E-state index contributed by atoms with van der Waals surface area (Å²) in [5, 5.41) is 6.24. The summed E-state index contributed by atoms with van der Waals surface area (Å²) < 4.78 is 6.99. The van der Waals surface area contributed by atoms with Crippen LogP contribution in [0.15, 0.2) is 28.2 Å². The minimum atomic E-state index is -0.420. The fraction of sp³-hybridized carbons (Fsp3) is 0.214. The topological polar surface area (TPSA) is 56.5 Å². The maximum Gasteiger partial charge on any atom is 0.363 e. The molecule has 0 amide bonds. The van der Waals surface area contributed by atoms with Crippen molar-refractivity contribution in [2.45, 2.75) is 13.8 Å². The van der Waals surface area contributed by atoms with E-state index in [9.17, 15) is 4.79 Å². The average molecular weight is 287 g/mol. The maximum absolute atomic E-state index is 11.9. The monoisotopic (exact) mass is 287 g/mol. The SMILES string of the molecule is Cc1nn(C)c(C)c1/C=C1\N=C(c2cccs2)OC1=O. The molecule has 5 nitrogen and oxygen atoms in total. The van der Waals surface area contributed by atoms with E-state index in [1.807, 2.05) is 38.4 Å². The van der Waals surface area contributed by atoms with E-state index >= 15 is 0 Å². The second-order valence-electron chi connectivity index (χ2n) is 4.52. The number of carbonyl (C=O) groups is 1. The highest BCUT2D eigenvalue weighted by molar-refractivity contribution is 7.12. The van der Waals surface area contributed by atoms with Gasteiger partial charge in [-0.25, -0.2) is 9.79 Å². The van der Waals surface area contributed by atoms with Crippen LogP contribution in [0.1, 0.15) is 21.8 Å². The van der Waals surface area contributed by atoms with E-state index in [0.29, 0.717) is 11.6 Å². The van der Waals surface area contributed by atoms with Crippen LogP contribution in [0.4, 0.5) is 0 Å². The predicted octanol–water partition coefficient (Wildman–Crippen LogP) is 2.44. The fourth-order valence-electron chi connectivity index (χ4n) is 2.05. The smallest absolute Gasteiger partial charge is 0.363 e. The zero-order chi connectivity index (χ0) is 14.3. The third kappa shape index (κ3) is 2.08. The van der Waals surface area contributed by atoms with Gasteiger partial charge in [0, 0.05) is 18.3 Å². The standard InChI is InChI=1S/C14H13N3O2S/c1-8-10(9(2)17(3)16-8)7-11-14(18)19-13(15-11)12-5-4-6-20-12/h4-7H,1-3H3/b11-7-. The molecule has 0 fully saturated rings. The lowest BCUT2D eigenvalue weighted by atomic mass is 10.1. The third-order valence-corrected chi connectivity index (χ3v) is 4.06. The van der Waals surface area contributed by atoms with Gasteiger partial charge in [-0.3, -0.25) is 4.68 Å². The van der Waals surface area contributed by atoms with E-state index in [1.165, 1.54) is 11.3 Å². The van der Waals surface area contributed by atoms with Crippen molar-refractivity contribution in [2.75, 3.05) is 0 Å². The highest BCUT2D eigenvalue weighted by Gasteiger charge is 2.25. The number of hydrogen-bond acceptors (Lipinski definition) is 5. The molecule has 6 heteroatoms. The second kappa shape index (κ2) is 4.72. The van der Waals surface area contributed by atoms with E-state index in [0.717, 1.165) is 21.8 Å². The summed E-state index contributed by atoms with van der Waals surface area (Å²) in [7, 11) is 1.87. The van der Waals surface area contributed by atoms with Crippen molar-refractivity contribution in [1.29, 1.82) is 0 Å². The van der Waals surface area contributed by atoms with Crippen LogP contribution in [0.3, 0.4) is 0 Å². The Balaban J connectivity index is 2.02. The van der Waals surface area contributed by atoms with Crippen LogP contribution in [-0.2, 0) is 16.6 Å². The summed E-state index contributed by atoms with van der Waals surface area (Å²) in [5.74, 6) is -0.0495. The molecule has 3 heterocycles. The van der Waals surface area contributed by atoms with Crippen LogP contribution >= 0.6 is 11.3 Å². The Morgan fingerprint density at radius 2 is 2.20 bits per heavy atom. The van der Waals surface area contributed by atoms with Crippen molar-refractivity contribution in [3.8, 4) is 0 Å². The fourth-order valence-corrected chi connectivity index (χ4v) is 2.70. The molecule has 2 aromatic rings. The highest BCUT2D eigenvalue weighted by Crippen LogP contribution is 2.23. The largest absolute Gasteiger partial charge is 0.401 e. The van der Waals surface area contributed by atoms with E-state index in [1.54, 1.807) is 10.8 Å². The molecule has 20 heavy (non-hydrogen) atoms. The van der Waals surface area contributed by atoms with E-state index < -0.39 is 5.97 Å². The van der Waals surface area contributed by atoms with E-state index in [2.05, 4.69) is 10.1 Å². The number of hydrogen-bond donors (Lipinski definition) is 0. The van der Waals surface area contributed by atoms with Gasteiger partial charge in [-0.05, 0) is 31.4 Å². The Kier molecular flexibility index (Phi) is 3.02. The Labute approximate surface area is 120 Å². The van der Waals surface area contributed by atoms with Gasteiger partial charge in [0.25, 0.3) is 0 Å². The zero-order valence-electron chi connectivity index (χ0n) is 11.4. The van der Waals surface area contributed by atoms with Crippen LogP contribution in [0.2, 0.25) is 0 Å². The van der Waals surface area contributed by atoms with Crippen LogP contribution < -0.4 is 0 Å². The molecule has 0 spiro atoms. The molecule has 0 radical (unpaired) electrons. The van der Waals surface area contributed by atoms with Crippen LogP contribution in [0.5, 0.6) is 0 Å². The number of cyclic esters (lactones) is 1. The molecule has 0 N–H and O–H groups in total. The van der Waals surface area contributed by atoms with Gasteiger partial charge in [0.2, 0.25) is 5.90 Å². The number of aliphatic imine (C=N–C) groups is 1. The number of carbonyl (C=O) groups excluding carboxylic acids is 1. The van der Waals surface area contributed by atoms with Gasteiger partial charge >= 0.3 is 5.97 Å². The summed E-state index contributed by atoms with van der Waals surface area (Å²) in [6.45, 7) is 3.86. The summed E-state index contributed by atoms with van der Waals surface area (Å²) >= 11 is 1.49. The molecule has 1 aliphatic rings. The summed E-state index contributed by atoms with van der Waals surface area (Å²) in [5.41, 5.74) is 3.08. The number of aryl methyl sites for hydroxylation is 2. The minimum absolute atomic E-state index is 0.313. The van der Waals surface area contributed by atoms with Crippen LogP contribution in [0.25, 0.3) is 6.08 Å². The average Bonchev–Trinajstić information content (AvgIpc) is 3.08. The number of ether oxygens (including phenoxy) is 1. The predicted molar refractivity (Wildman–Crippen MR) is 77.6 cm³/mol. The molecule has 2 aromatic heterocycles. The number of rotatable bonds is 2. The molecule has 0 bridgehead atoms. The van der Waals surface area contributed by atoms with Crippen molar-refractivity contribution in [3.05, 3.63) is 45.0 Å². The van der Waals surface area contributed by atoms with E-state index in [-0.39, 0.29) is 0 Å². The normalized spacial score (nSPS) is 16.6. The molecule has 0 unspecified atom stereocenters. The molecule has 3 rings (SSSR count).